The molecule has 0 radical (unpaired) electrons. The van der Waals surface area contributed by atoms with Crippen molar-refractivity contribution >= 4 is 21.9 Å². The molecule has 1 aliphatic heterocycles. The highest BCUT2D eigenvalue weighted by Gasteiger charge is 2.33. The Labute approximate surface area is 164 Å². The predicted molar refractivity (Wildman–Crippen MR) is 108 cm³/mol. The van der Waals surface area contributed by atoms with Gasteiger partial charge in [0.05, 0.1) is 11.1 Å². The van der Waals surface area contributed by atoms with Gasteiger partial charge in [0.1, 0.15) is 23.6 Å². The molecule has 0 spiro atoms. The third kappa shape index (κ3) is 2.68. The lowest BCUT2D eigenvalue weighted by molar-refractivity contribution is 0.0885. The molecule has 0 unspecified atom stereocenters. The molecule has 2 aromatic heterocycles. The van der Waals surface area contributed by atoms with Gasteiger partial charge in [-0.3, -0.25) is 4.90 Å². The molecule has 29 heavy (non-hydrogen) atoms. The number of hydrogen-bond donors (Lipinski definition) is 0. The molecule has 0 bridgehead atoms. The summed E-state index contributed by atoms with van der Waals surface area (Å²) in [4.78, 5) is 27.4. The molecule has 144 valence electrons. The third-order valence-corrected chi connectivity index (χ3v) is 5.71. The lowest BCUT2D eigenvalue weighted by atomic mass is 9.99. The SMILES string of the molecule is O=c1cc(-c2cc3ccccc3oc2=O)c2ccc3c(c2o1)CN(C1CC1)CO3. The number of fused-ring (bicyclic) bond motifs is 4. The summed E-state index contributed by atoms with van der Waals surface area (Å²) in [7, 11) is 0. The molecular formula is C23H17NO5. The normalized spacial score (nSPS) is 16.7. The van der Waals surface area contributed by atoms with Gasteiger partial charge in [0, 0.05) is 35.0 Å². The van der Waals surface area contributed by atoms with E-state index in [4.69, 9.17) is 13.6 Å². The zero-order chi connectivity index (χ0) is 19.5. The van der Waals surface area contributed by atoms with Crippen LogP contribution in [-0.4, -0.2) is 17.7 Å². The highest BCUT2D eigenvalue weighted by Crippen LogP contribution is 2.38. The van der Waals surface area contributed by atoms with Gasteiger partial charge in [-0.25, -0.2) is 9.59 Å². The molecule has 0 atom stereocenters. The van der Waals surface area contributed by atoms with Crippen molar-refractivity contribution in [2.24, 2.45) is 0 Å². The first-order chi connectivity index (χ1) is 14.2. The zero-order valence-corrected chi connectivity index (χ0v) is 15.5. The Hall–Kier alpha value is -3.38. The fourth-order valence-electron chi connectivity index (χ4n) is 4.10. The van der Waals surface area contributed by atoms with E-state index in [9.17, 15) is 9.59 Å². The van der Waals surface area contributed by atoms with Crippen LogP contribution in [0.15, 0.2) is 67.0 Å². The molecule has 0 saturated heterocycles. The largest absolute Gasteiger partial charge is 0.478 e. The van der Waals surface area contributed by atoms with E-state index >= 15 is 0 Å². The minimum atomic E-state index is -0.503. The highest BCUT2D eigenvalue weighted by atomic mass is 16.5. The fourth-order valence-corrected chi connectivity index (χ4v) is 4.10. The average Bonchev–Trinajstić information content (AvgIpc) is 3.57. The number of benzene rings is 2. The van der Waals surface area contributed by atoms with Crippen LogP contribution in [0.1, 0.15) is 18.4 Å². The van der Waals surface area contributed by atoms with Gasteiger partial charge in [-0.05, 0) is 37.1 Å². The van der Waals surface area contributed by atoms with E-state index in [0.29, 0.717) is 47.0 Å². The van der Waals surface area contributed by atoms with Gasteiger partial charge in [0.15, 0.2) is 0 Å². The predicted octanol–water partition coefficient (Wildman–Crippen LogP) is 3.88. The van der Waals surface area contributed by atoms with E-state index in [2.05, 4.69) is 4.90 Å². The summed E-state index contributed by atoms with van der Waals surface area (Å²) in [6.45, 7) is 1.21. The lowest BCUT2D eigenvalue weighted by Gasteiger charge is -2.29. The van der Waals surface area contributed by atoms with Gasteiger partial charge in [0.25, 0.3) is 0 Å². The van der Waals surface area contributed by atoms with Crippen LogP contribution in [0.2, 0.25) is 0 Å². The zero-order valence-electron chi connectivity index (χ0n) is 15.5. The van der Waals surface area contributed by atoms with Crippen LogP contribution in [0.4, 0.5) is 0 Å². The van der Waals surface area contributed by atoms with Gasteiger partial charge in [-0.2, -0.15) is 0 Å². The van der Waals surface area contributed by atoms with Gasteiger partial charge >= 0.3 is 11.3 Å². The van der Waals surface area contributed by atoms with Gasteiger partial charge < -0.3 is 13.6 Å². The highest BCUT2D eigenvalue weighted by molar-refractivity contribution is 5.97. The first-order valence-electron chi connectivity index (χ1n) is 9.67. The molecule has 6 nitrogen and oxygen atoms in total. The molecule has 6 rings (SSSR count). The summed E-state index contributed by atoms with van der Waals surface area (Å²) in [6.07, 6.45) is 2.33. The Morgan fingerprint density at radius 3 is 2.66 bits per heavy atom. The van der Waals surface area contributed by atoms with Gasteiger partial charge in [-0.15, -0.1) is 0 Å². The molecular weight excluding hydrogens is 370 g/mol. The molecule has 1 saturated carbocycles. The van der Waals surface area contributed by atoms with E-state index in [1.165, 1.54) is 6.07 Å². The quantitative estimate of drug-likeness (QED) is 0.486. The second kappa shape index (κ2) is 6.06. The van der Waals surface area contributed by atoms with Crippen LogP contribution < -0.4 is 16.0 Å². The number of rotatable bonds is 2. The number of hydrogen-bond acceptors (Lipinski definition) is 6. The molecule has 4 aromatic rings. The van der Waals surface area contributed by atoms with E-state index in [0.717, 1.165) is 29.5 Å². The number of para-hydroxylation sites is 1. The Morgan fingerprint density at radius 2 is 1.79 bits per heavy atom. The van der Waals surface area contributed by atoms with E-state index in [1.807, 2.05) is 30.3 Å². The number of ether oxygens (including phenoxy) is 1. The van der Waals surface area contributed by atoms with Crippen LogP contribution in [0.25, 0.3) is 33.1 Å². The summed E-state index contributed by atoms with van der Waals surface area (Å²) < 4.78 is 17.0. The molecule has 2 aromatic carbocycles. The second-order valence-corrected chi connectivity index (χ2v) is 7.63. The van der Waals surface area contributed by atoms with Gasteiger partial charge in [0.2, 0.25) is 0 Å². The Morgan fingerprint density at radius 1 is 0.931 bits per heavy atom. The summed E-state index contributed by atoms with van der Waals surface area (Å²) >= 11 is 0. The Balaban J connectivity index is 1.60. The summed E-state index contributed by atoms with van der Waals surface area (Å²) in [5.74, 6) is 0.722. The van der Waals surface area contributed by atoms with Crippen LogP contribution in [0.3, 0.4) is 0 Å². The van der Waals surface area contributed by atoms with Crippen molar-refractivity contribution in [2.45, 2.75) is 25.4 Å². The topological polar surface area (TPSA) is 72.9 Å². The van der Waals surface area contributed by atoms with Crippen molar-refractivity contribution in [3.05, 3.63) is 74.9 Å². The van der Waals surface area contributed by atoms with E-state index < -0.39 is 11.3 Å². The van der Waals surface area contributed by atoms with E-state index in [1.54, 1.807) is 12.1 Å². The first kappa shape index (κ1) is 16.6. The summed E-state index contributed by atoms with van der Waals surface area (Å²) in [6, 6.07) is 14.7. The molecule has 0 N–H and O–H groups in total. The van der Waals surface area contributed by atoms with Crippen molar-refractivity contribution in [2.75, 3.05) is 6.73 Å². The molecule has 0 amide bonds. The van der Waals surface area contributed by atoms with Gasteiger partial charge in [-0.1, -0.05) is 18.2 Å². The average molecular weight is 387 g/mol. The minimum Gasteiger partial charge on any atom is -0.478 e. The maximum atomic E-state index is 12.7. The van der Waals surface area contributed by atoms with Crippen LogP contribution in [0, 0.1) is 0 Å². The maximum absolute atomic E-state index is 12.7. The standard InChI is InChI=1S/C23H17NO5/c25-21-10-16(17-9-13-3-1-2-4-19(13)28-23(17)26)15-7-8-20-18(22(15)29-21)11-24(12-27-20)14-5-6-14/h1-4,7-10,14H,5-6,11-12H2. The monoisotopic (exact) mass is 387 g/mol. The fraction of sp³-hybridized carbons (Fsp3) is 0.217. The second-order valence-electron chi connectivity index (χ2n) is 7.63. The molecule has 1 fully saturated rings. The van der Waals surface area contributed by atoms with Crippen LogP contribution in [-0.2, 0) is 6.54 Å². The molecule has 3 heterocycles. The maximum Gasteiger partial charge on any atom is 0.344 e. The van der Waals surface area contributed by atoms with E-state index in [-0.39, 0.29) is 0 Å². The number of nitrogens with zero attached hydrogens (tertiary/aromatic N) is 1. The summed E-state index contributed by atoms with van der Waals surface area (Å²) in [5, 5.41) is 1.50. The van der Waals surface area contributed by atoms with Crippen molar-refractivity contribution in [1.29, 1.82) is 0 Å². The summed E-state index contributed by atoms with van der Waals surface area (Å²) in [5.41, 5.74) is 1.72. The van der Waals surface area contributed by atoms with Crippen molar-refractivity contribution < 1.29 is 13.6 Å². The lowest BCUT2D eigenvalue weighted by Crippen LogP contribution is -2.33. The molecule has 1 aliphatic carbocycles. The van der Waals surface area contributed by atoms with Crippen molar-refractivity contribution in [3.8, 4) is 16.9 Å². The van der Waals surface area contributed by atoms with Crippen molar-refractivity contribution in [3.63, 3.8) is 0 Å². The Bertz CT molecular complexity index is 1400. The van der Waals surface area contributed by atoms with Crippen LogP contribution in [0.5, 0.6) is 5.75 Å². The smallest absolute Gasteiger partial charge is 0.344 e. The molecule has 6 heteroatoms. The first-order valence-corrected chi connectivity index (χ1v) is 9.67. The minimum absolute atomic E-state index is 0.345. The van der Waals surface area contributed by atoms with Crippen molar-refractivity contribution in [1.82, 2.24) is 4.90 Å². The van der Waals surface area contributed by atoms with Crippen LogP contribution >= 0.6 is 0 Å². The third-order valence-electron chi connectivity index (χ3n) is 5.71. The molecule has 2 aliphatic rings. The Kier molecular flexibility index (Phi) is 3.46.